The Morgan fingerprint density at radius 3 is 2.77 bits per heavy atom. The van der Waals surface area contributed by atoms with Crippen molar-refractivity contribution in [1.29, 1.82) is 5.26 Å². The number of fused-ring (bicyclic) bond motifs is 1. The molecule has 1 atom stereocenters. The Bertz CT molecular complexity index is 1410. The summed E-state index contributed by atoms with van der Waals surface area (Å²) in [6.07, 6.45) is 6.43. The number of carbonyl (C=O) groups is 1. The molecule has 0 aliphatic heterocycles. The zero-order chi connectivity index (χ0) is 25.2. The predicted octanol–water partition coefficient (Wildman–Crippen LogP) is 3.09. The van der Waals surface area contributed by atoms with Crippen LogP contribution in [0.4, 0.5) is 15.8 Å². The van der Waals surface area contributed by atoms with Crippen LogP contribution in [-0.4, -0.2) is 53.6 Å². The quantitative estimate of drug-likeness (QED) is 0.356. The molecule has 4 aromatic heterocycles. The third-order valence-corrected chi connectivity index (χ3v) is 5.48. The number of rotatable bonds is 8. The van der Waals surface area contributed by atoms with E-state index in [1.165, 1.54) is 26.2 Å². The zero-order valence-electron chi connectivity index (χ0n) is 19.5. The van der Waals surface area contributed by atoms with Gasteiger partial charge in [-0.2, -0.15) is 10.4 Å². The number of aromatic nitrogens is 5. The predicted molar refractivity (Wildman–Crippen MR) is 128 cm³/mol. The molecule has 10 nitrogen and oxygen atoms in total. The molecule has 0 aliphatic rings. The lowest BCUT2D eigenvalue weighted by Crippen LogP contribution is -2.42. The van der Waals surface area contributed by atoms with Crippen LogP contribution in [0.25, 0.3) is 16.9 Å². The first-order valence-corrected chi connectivity index (χ1v) is 11.0. The van der Waals surface area contributed by atoms with Crippen molar-refractivity contribution in [2.24, 2.45) is 0 Å². The van der Waals surface area contributed by atoms with Gasteiger partial charge < -0.3 is 15.7 Å². The van der Waals surface area contributed by atoms with E-state index in [1.54, 1.807) is 40.0 Å². The first-order valence-electron chi connectivity index (χ1n) is 11.0. The van der Waals surface area contributed by atoms with Gasteiger partial charge in [0.05, 0.1) is 40.8 Å². The average Bonchev–Trinajstić information content (AvgIpc) is 3.47. The average molecular weight is 477 g/mol. The van der Waals surface area contributed by atoms with Crippen molar-refractivity contribution in [2.45, 2.75) is 39.1 Å². The number of halogens is 1. The highest BCUT2D eigenvalue weighted by atomic mass is 19.1. The summed E-state index contributed by atoms with van der Waals surface area (Å²) in [7, 11) is 0. The molecule has 0 aliphatic carbocycles. The Morgan fingerprint density at radius 2 is 2.09 bits per heavy atom. The standard InChI is InChI=1S/C24H25FN8O2/c1-4-32-14-17(11-30-32)31-19-8-21(33-6-5-16-7-15(9-26)10-28-22(16)33)27-12-18(19)23(34)29-13-20(25)24(2,3)35/h5-8,10-12,14,20,35H,4,13H2,1-3H3,(H,27,31)(H,29,34). The summed E-state index contributed by atoms with van der Waals surface area (Å²) in [6.45, 7) is 4.96. The fraction of sp³-hybridized carbons (Fsp3) is 0.292. The SMILES string of the molecule is CCn1cc(Nc2cc(-n3ccc4cc(C#N)cnc43)ncc2C(=O)NCC(F)C(C)(C)O)cn1. The summed E-state index contributed by atoms with van der Waals surface area (Å²) in [6, 6.07) is 7.30. The number of aryl methyl sites for hydroxylation is 1. The molecule has 0 aromatic carbocycles. The van der Waals surface area contributed by atoms with Gasteiger partial charge in [-0.25, -0.2) is 14.4 Å². The van der Waals surface area contributed by atoms with Crippen LogP contribution in [0.1, 0.15) is 36.7 Å². The summed E-state index contributed by atoms with van der Waals surface area (Å²) in [5.74, 6) is -0.0607. The second-order valence-electron chi connectivity index (χ2n) is 8.56. The number of amides is 1. The van der Waals surface area contributed by atoms with Crippen molar-refractivity contribution in [3.8, 4) is 11.9 Å². The topological polar surface area (TPSA) is 134 Å². The number of pyridine rings is 2. The largest absolute Gasteiger partial charge is 0.387 e. The van der Waals surface area contributed by atoms with Crippen molar-refractivity contribution < 1.29 is 14.3 Å². The molecule has 0 saturated heterocycles. The molecular formula is C24H25FN8O2. The van der Waals surface area contributed by atoms with E-state index >= 15 is 0 Å². The lowest BCUT2D eigenvalue weighted by atomic mass is 10.0. The monoisotopic (exact) mass is 476 g/mol. The maximum atomic E-state index is 14.2. The van der Waals surface area contributed by atoms with Crippen LogP contribution < -0.4 is 10.6 Å². The molecule has 0 fully saturated rings. The molecule has 1 amide bonds. The fourth-order valence-corrected chi connectivity index (χ4v) is 3.41. The number of hydrogen-bond donors (Lipinski definition) is 3. The molecule has 4 rings (SSSR count). The molecule has 0 bridgehead atoms. The van der Waals surface area contributed by atoms with E-state index in [1.807, 2.05) is 13.0 Å². The summed E-state index contributed by atoms with van der Waals surface area (Å²) in [4.78, 5) is 21.7. The first-order chi connectivity index (χ1) is 16.7. The third-order valence-electron chi connectivity index (χ3n) is 5.48. The smallest absolute Gasteiger partial charge is 0.255 e. The highest BCUT2D eigenvalue weighted by molar-refractivity contribution is 6.00. The van der Waals surface area contributed by atoms with Crippen LogP contribution >= 0.6 is 0 Å². The molecule has 4 aromatic rings. The van der Waals surface area contributed by atoms with Gasteiger partial charge in [0.2, 0.25) is 0 Å². The zero-order valence-corrected chi connectivity index (χ0v) is 19.5. The van der Waals surface area contributed by atoms with Crippen LogP contribution in [0, 0.1) is 11.3 Å². The number of nitriles is 1. The second-order valence-corrected chi connectivity index (χ2v) is 8.56. The molecule has 35 heavy (non-hydrogen) atoms. The van der Waals surface area contributed by atoms with Gasteiger partial charge in [0.1, 0.15) is 23.7 Å². The summed E-state index contributed by atoms with van der Waals surface area (Å²) in [5.41, 5.74) is 0.743. The minimum Gasteiger partial charge on any atom is -0.387 e. The van der Waals surface area contributed by atoms with E-state index in [4.69, 9.17) is 5.26 Å². The van der Waals surface area contributed by atoms with Gasteiger partial charge in [0.25, 0.3) is 5.91 Å². The molecule has 4 heterocycles. The lowest BCUT2D eigenvalue weighted by molar-refractivity contribution is -0.00177. The van der Waals surface area contributed by atoms with Gasteiger partial charge in [-0.05, 0) is 32.9 Å². The van der Waals surface area contributed by atoms with Gasteiger partial charge >= 0.3 is 0 Å². The van der Waals surface area contributed by atoms with E-state index in [9.17, 15) is 14.3 Å². The number of alkyl halides is 1. The van der Waals surface area contributed by atoms with Crippen molar-refractivity contribution >= 4 is 28.3 Å². The molecule has 1 unspecified atom stereocenters. The molecule has 0 spiro atoms. The Labute approximate surface area is 201 Å². The van der Waals surface area contributed by atoms with Crippen molar-refractivity contribution in [1.82, 2.24) is 29.6 Å². The summed E-state index contributed by atoms with van der Waals surface area (Å²) in [5, 5.41) is 29.7. The van der Waals surface area contributed by atoms with Crippen LogP contribution in [0.15, 0.2) is 49.2 Å². The molecule has 3 N–H and O–H groups in total. The van der Waals surface area contributed by atoms with E-state index < -0.39 is 17.7 Å². The van der Waals surface area contributed by atoms with E-state index in [-0.39, 0.29) is 12.1 Å². The highest BCUT2D eigenvalue weighted by Gasteiger charge is 2.27. The van der Waals surface area contributed by atoms with Crippen molar-refractivity contribution in [3.05, 3.63) is 60.3 Å². The Kier molecular flexibility index (Phi) is 6.48. The maximum absolute atomic E-state index is 14.2. The van der Waals surface area contributed by atoms with Gasteiger partial charge in [0, 0.05) is 42.8 Å². The van der Waals surface area contributed by atoms with Gasteiger partial charge in [-0.1, -0.05) is 0 Å². The molecule has 11 heteroatoms. The Morgan fingerprint density at radius 1 is 1.29 bits per heavy atom. The summed E-state index contributed by atoms with van der Waals surface area (Å²) >= 11 is 0. The number of aliphatic hydroxyl groups is 1. The Balaban J connectivity index is 1.70. The second kappa shape index (κ2) is 9.52. The van der Waals surface area contributed by atoms with Crippen molar-refractivity contribution in [2.75, 3.05) is 11.9 Å². The van der Waals surface area contributed by atoms with Gasteiger partial charge in [0.15, 0.2) is 0 Å². The molecule has 0 radical (unpaired) electrons. The fourth-order valence-electron chi connectivity index (χ4n) is 3.41. The first kappa shape index (κ1) is 23.8. The number of hydrogen-bond acceptors (Lipinski definition) is 7. The van der Waals surface area contributed by atoms with Gasteiger partial charge in [-0.15, -0.1) is 0 Å². The van der Waals surface area contributed by atoms with Crippen LogP contribution in [0.2, 0.25) is 0 Å². The lowest BCUT2D eigenvalue weighted by Gasteiger charge is -2.22. The van der Waals surface area contributed by atoms with E-state index in [0.29, 0.717) is 34.9 Å². The van der Waals surface area contributed by atoms with E-state index in [2.05, 4.69) is 31.8 Å². The maximum Gasteiger partial charge on any atom is 0.255 e. The van der Waals surface area contributed by atoms with E-state index in [0.717, 1.165) is 5.39 Å². The normalized spacial score (nSPS) is 12.3. The molecular weight excluding hydrogens is 451 g/mol. The highest BCUT2D eigenvalue weighted by Crippen LogP contribution is 2.25. The third kappa shape index (κ3) is 5.12. The number of anilines is 2. The van der Waals surface area contributed by atoms with Gasteiger partial charge in [-0.3, -0.25) is 14.0 Å². The molecule has 180 valence electrons. The minimum absolute atomic E-state index is 0.192. The minimum atomic E-state index is -1.64. The summed E-state index contributed by atoms with van der Waals surface area (Å²) < 4.78 is 17.7. The number of nitrogens with one attached hydrogen (secondary N) is 2. The number of carbonyl (C=O) groups excluding carboxylic acids is 1. The van der Waals surface area contributed by atoms with Crippen molar-refractivity contribution in [3.63, 3.8) is 0 Å². The van der Waals surface area contributed by atoms with Crippen LogP contribution in [0.5, 0.6) is 0 Å². The molecule has 0 saturated carbocycles. The number of nitrogens with zero attached hydrogens (tertiary/aromatic N) is 6. The van der Waals surface area contributed by atoms with Crippen LogP contribution in [0.3, 0.4) is 0 Å². The Hall–Kier alpha value is -4.30. The van der Waals surface area contributed by atoms with Crippen LogP contribution in [-0.2, 0) is 6.54 Å².